The highest BCUT2D eigenvalue weighted by molar-refractivity contribution is 5.14. The first-order valence-corrected chi connectivity index (χ1v) is 7.71. The maximum Gasteiger partial charge on any atom is 0.0544 e. The van der Waals surface area contributed by atoms with E-state index in [1.807, 2.05) is 6.20 Å². The Morgan fingerprint density at radius 3 is 2.40 bits per heavy atom. The predicted molar refractivity (Wildman–Crippen MR) is 86.6 cm³/mol. The van der Waals surface area contributed by atoms with Gasteiger partial charge in [-0.05, 0) is 44.9 Å². The topological polar surface area (TPSA) is 28.2 Å². The quantitative estimate of drug-likeness (QED) is 0.827. The number of hydrogen-bond donors (Lipinski definition) is 1. The van der Waals surface area contributed by atoms with Crippen LogP contribution >= 0.6 is 0 Å². The number of pyridine rings is 1. The van der Waals surface area contributed by atoms with E-state index in [0.717, 1.165) is 31.9 Å². The van der Waals surface area contributed by atoms with Gasteiger partial charge in [-0.2, -0.15) is 0 Å². The van der Waals surface area contributed by atoms with Gasteiger partial charge < -0.3 is 5.32 Å². The van der Waals surface area contributed by atoms with Gasteiger partial charge in [-0.15, -0.1) is 0 Å². The number of nitrogens with one attached hydrogen (secondary N) is 1. The molecule has 0 aliphatic rings. The summed E-state index contributed by atoms with van der Waals surface area (Å²) in [6.07, 6.45) is 2.00. The van der Waals surface area contributed by atoms with E-state index < -0.39 is 0 Å². The monoisotopic (exact) mass is 277 g/mol. The van der Waals surface area contributed by atoms with Gasteiger partial charge in [0.05, 0.1) is 5.69 Å². The summed E-state index contributed by atoms with van der Waals surface area (Å²) >= 11 is 0. The summed E-state index contributed by atoms with van der Waals surface area (Å²) in [5.41, 5.74) is 2.55. The van der Waals surface area contributed by atoms with Crippen LogP contribution in [-0.2, 0) is 13.1 Å². The molecular weight excluding hydrogens is 246 g/mol. The van der Waals surface area contributed by atoms with Crippen LogP contribution in [0.1, 0.15) is 52.8 Å². The van der Waals surface area contributed by atoms with Crippen LogP contribution in [0, 0.1) is 5.92 Å². The Balaban J connectivity index is 2.53. The van der Waals surface area contributed by atoms with E-state index in [4.69, 9.17) is 0 Å². The lowest BCUT2D eigenvalue weighted by Crippen LogP contribution is -2.35. The molecule has 0 bridgehead atoms. The fraction of sp³-hybridized carbons (Fsp3) is 0.706. The van der Waals surface area contributed by atoms with Crippen LogP contribution in [0.15, 0.2) is 18.3 Å². The van der Waals surface area contributed by atoms with E-state index >= 15 is 0 Å². The van der Waals surface area contributed by atoms with Crippen LogP contribution in [0.25, 0.3) is 0 Å². The molecule has 0 aliphatic heterocycles. The van der Waals surface area contributed by atoms with Gasteiger partial charge in [-0.3, -0.25) is 9.88 Å². The van der Waals surface area contributed by atoms with Crippen molar-refractivity contribution in [1.29, 1.82) is 0 Å². The molecule has 3 nitrogen and oxygen atoms in total. The maximum atomic E-state index is 4.59. The second kappa shape index (κ2) is 7.75. The molecule has 20 heavy (non-hydrogen) atoms. The Morgan fingerprint density at radius 2 is 1.95 bits per heavy atom. The molecule has 0 aliphatic carbocycles. The first kappa shape index (κ1) is 17.1. The van der Waals surface area contributed by atoms with Crippen LogP contribution in [0.3, 0.4) is 0 Å². The van der Waals surface area contributed by atoms with E-state index in [0.29, 0.717) is 5.92 Å². The second-order valence-corrected chi connectivity index (χ2v) is 6.98. The van der Waals surface area contributed by atoms with Crippen molar-refractivity contribution in [3.8, 4) is 0 Å². The molecule has 1 rings (SSSR count). The number of nitrogens with zero attached hydrogens (tertiary/aromatic N) is 2. The summed E-state index contributed by atoms with van der Waals surface area (Å²) in [7, 11) is 0. The zero-order valence-corrected chi connectivity index (χ0v) is 14.0. The average molecular weight is 277 g/mol. The van der Waals surface area contributed by atoms with Crippen molar-refractivity contribution >= 4 is 0 Å². The molecule has 0 saturated carbocycles. The third-order valence-corrected chi connectivity index (χ3v) is 3.16. The minimum absolute atomic E-state index is 0.148. The van der Waals surface area contributed by atoms with Gasteiger partial charge in [0.1, 0.15) is 0 Å². The Morgan fingerprint density at radius 1 is 1.25 bits per heavy atom. The van der Waals surface area contributed by atoms with Crippen LogP contribution < -0.4 is 5.32 Å². The van der Waals surface area contributed by atoms with Gasteiger partial charge in [0.2, 0.25) is 0 Å². The molecule has 3 heteroatoms. The largest absolute Gasteiger partial charge is 0.308 e. The summed E-state index contributed by atoms with van der Waals surface area (Å²) in [6, 6.07) is 4.34. The standard InChI is InChI=1S/C17H31N3/c1-7-20(12-14(2)3)13-16-9-8-15(10-18-16)11-19-17(4,5)6/h8-10,14,19H,7,11-13H2,1-6H3. The molecule has 1 aromatic rings. The van der Waals surface area contributed by atoms with E-state index in [-0.39, 0.29) is 5.54 Å². The minimum Gasteiger partial charge on any atom is -0.308 e. The molecule has 114 valence electrons. The van der Waals surface area contributed by atoms with Gasteiger partial charge in [-0.1, -0.05) is 26.8 Å². The number of aromatic nitrogens is 1. The van der Waals surface area contributed by atoms with Crippen molar-refractivity contribution in [2.75, 3.05) is 13.1 Å². The Bertz CT molecular complexity index is 376. The minimum atomic E-state index is 0.148. The van der Waals surface area contributed by atoms with E-state index in [1.54, 1.807) is 0 Å². The molecule has 0 atom stereocenters. The van der Waals surface area contributed by atoms with Crippen LogP contribution in [0.2, 0.25) is 0 Å². The van der Waals surface area contributed by atoms with Crippen molar-refractivity contribution in [3.05, 3.63) is 29.6 Å². The van der Waals surface area contributed by atoms with Crippen molar-refractivity contribution in [2.45, 2.75) is 60.2 Å². The molecule has 0 amide bonds. The fourth-order valence-corrected chi connectivity index (χ4v) is 2.07. The molecule has 0 saturated heterocycles. The Hall–Kier alpha value is -0.930. The summed E-state index contributed by atoms with van der Waals surface area (Å²) < 4.78 is 0. The molecule has 0 aromatic carbocycles. The highest BCUT2D eigenvalue weighted by Gasteiger charge is 2.09. The molecule has 1 aromatic heterocycles. The van der Waals surface area contributed by atoms with Crippen molar-refractivity contribution in [1.82, 2.24) is 15.2 Å². The van der Waals surface area contributed by atoms with E-state index in [9.17, 15) is 0 Å². The lowest BCUT2D eigenvalue weighted by Gasteiger charge is -2.22. The SMILES string of the molecule is CCN(Cc1ccc(CNC(C)(C)C)cn1)CC(C)C. The maximum absolute atomic E-state index is 4.59. The number of hydrogen-bond acceptors (Lipinski definition) is 3. The number of rotatable bonds is 7. The molecule has 0 fully saturated rings. The average Bonchev–Trinajstić information content (AvgIpc) is 2.35. The third-order valence-electron chi connectivity index (χ3n) is 3.16. The highest BCUT2D eigenvalue weighted by Crippen LogP contribution is 2.08. The molecule has 0 unspecified atom stereocenters. The van der Waals surface area contributed by atoms with Crippen molar-refractivity contribution < 1.29 is 0 Å². The van der Waals surface area contributed by atoms with Crippen molar-refractivity contribution in [2.24, 2.45) is 5.92 Å². The van der Waals surface area contributed by atoms with Gasteiger partial charge in [0, 0.05) is 31.4 Å². The first-order chi connectivity index (χ1) is 9.30. The van der Waals surface area contributed by atoms with Crippen LogP contribution in [-0.4, -0.2) is 28.5 Å². The third kappa shape index (κ3) is 7.01. The molecule has 0 spiro atoms. The zero-order chi connectivity index (χ0) is 15.2. The summed E-state index contributed by atoms with van der Waals surface area (Å²) in [6.45, 7) is 17.3. The van der Waals surface area contributed by atoms with Gasteiger partial charge in [0.15, 0.2) is 0 Å². The van der Waals surface area contributed by atoms with E-state index in [2.05, 4.69) is 68.9 Å². The molecule has 1 heterocycles. The summed E-state index contributed by atoms with van der Waals surface area (Å²) in [5.74, 6) is 0.699. The fourth-order valence-electron chi connectivity index (χ4n) is 2.07. The Kier molecular flexibility index (Phi) is 6.63. The molecule has 1 N–H and O–H groups in total. The van der Waals surface area contributed by atoms with Crippen LogP contribution in [0.4, 0.5) is 0 Å². The normalized spacial score (nSPS) is 12.4. The summed E-state index contributed by atoms with van der Waals surface area (Å²) in [5, 5.41) is 3.49. The van der Waals surface area contributed by atoms with Gasteiger partial charge in [-0.25, -0.2) is 0 Å². The highest BCUT2D eigenvalue weighted by atomic mass is 15.1. The van der Waals surface area contributed by atoms with Gasteiger partial charge >= 0.3 is 0 Å². The molecule has 0 radical (unpaired) electrons. The lowest BCUT2D eigenvalue weighted by atomic mass is 10.1. The summed E-state index contributed by atoms with van der Waals surface area (Å²) in [4.78, 5) is 7.04. The second-order valence-electron chi connectivity index (χ2n) is 6.98. The first-order valence-electron chi connectivity index (χ1n) is 7.71. The van der Waals surface area contributed by atoms with E-state index in [1.165, 1.54) is 5.56 Å². The van der Waals surface area contributed by atoms with Gasteiger partial charge in [0.25, 0.3) is 0 Å². The Labute approximate surface area is 124 Å². The van der Waals surface area contributed by atoms with Crippen LogP contribution in [0.5, 0.6) is 0 Å². The molecular formula is C17H31N3. The predicted octanol–water partition coefficient (Wildman–Crippen LogP) is 3.45. The van der Waals surface area contributed by atoms with Crippen molar-refractivity contribution in [3.63, 3.8) is 0 Å². The smallest absolute Gasteiger partial charge is 0.0544 e. The lowest BCUT2D eigenvalue weighted by molar-refractivity contribution is 0.245. The zero-order valence-electron chi connectivity index (χ0n) is 14.0.